The van der Waals surface area contributed by atoms with Gasteiger partial charge in [0.05, 0.1) is 23.4 Å². The smallest absolute Gasteiger partial charge is 0.256 e. The highest BCUT2D eigenvalue weighted by atomic mass is 19.1. The molecule has 2 aromatic heterocycles. The number of amides is 1. The number of carbonyl (C=O) groups is 1. The second kappa shape index (κ2) is 9.64. The highest BCUT2D eigenvalue weighted by Gasteiger charge is 2.41. The number of unbranched alkanes of at least 4 members (excludes halogenated alkanes) is 1. The Hall–Kier alpha value is -3.49. The van der Waals surface area contributed by atoms with Crippen molar-refractivity contribution in [1.29, 1.82) is 0 Å². The predicted molar refractivity (Wildman–Crippen MR) is 130 cm³/mol. The van der Waals surface area contributed by atoms with E-state index in [1.165, 1.54) is 31.7 Å². The van der Waals surface area contributed by atoms with Crippen molar-refractivity contribution in [2.24, 2.45) is 5.92 Å². The van der Waals surface area contributed by atoms with E-state index in [1.807, 2.05) is 23.9 Å². The maximum absolute atomic E-state index is 15.3. The van der Waals surface area contributed by atoms with Gasteiger partial charge in [-0.05, 0) is 49.8 Å². The third-order valence-electron chi connectivity index (χ3n) is 7.02. The number of aromatic amines is 1. The minimum atomic E-state index is -0.972. The van der Waals surface area contributed by atoms with E-state index in [-0.39, 0.29) is 5.91 Å². The number of hydrogen-bond acceptors (Lipinski definition) is 5. The number of nitrogens with zero attached hydrogens (tertiary/aromatic N) is 4. The molecule has 5 rings (SSSR count). The Labute approximate surface area is 204 Å². The highest BCUT2D eigenvalue weighted by molar-refractivity contribution is 6.27. The van der Waals surface area contributed by atoms with Gasteiger partial charge in [0.1, 0.15) is 17.9 Å². The number of aromatic nitrogens is 5. The van der Waals surface area contributed by atoms with Gasteiger partial charge in [-0.25, -0.2) is 9.37 Å². The number of hydrogen-bond donors (Lipinski definition) is 2. The minimum Gasteiger partial charge on any atom is -0.493 e. The van der Waals surface area contributed by atoms with Crippen molar-refractivity contribution >= 4 is 17.1 Å². The van der Waals surface area contributed by atoms with E-state index in [0.717, 1.165) is 19.4 Å². The molecule has 1 fully saturated rings. The van der Waals surface area contributed by atoms with E-state index in [9.17, 15) is 4.79 Å². The van der Waals surface area contributed by atoms with Gasteiger partial charge in [0, 0.05) is 30.8 Å². The van der Waals surface area contributed by atoms with E-state index in [1.54, 1.807) is 12.1 Å². The van der Waals surface area contributed by atoms with E-state index < -0.39 is 11.4 Å². The number of ether oxygens (including phenoxy) is 1. The summed E-state index contributed by atoms with van der Waals surface area (Å²) >= 11 is 0. The lowest BCUT2D eigenvalue weighted by Crippen LogP contribution is -2.48. The molecule has 35 heavy (non-hydrogen) atoms. The van der Waals surface area contributed by atoms with Crippen molar-refractivity contribution in [3.05, 3.63) is 59.7 Å². The fraction of sp³-hybridized carbons (Fsp3) is 0.462. The van der Waals surface area contributed by atoms with Gasteiger partial charge in [0.15, 0.2) is 5.82 Å². The van der Waals surface area contributed by atoms with Crippen LogP contribution in [-0.4, -0.2) is 37.5 Å². The maximum Gasteiger partial charge on any atom is 0.256 e. The first-order chi connectivity index (χ1) is 17.0. The SMILES string of the molecule is CCCCOc1ccc(C2(C)CC(c3ccn(CC4CCC4)n3)=C(c3ncn[nH]3)C(=O)N2)c(F)c1. The summed E-state index contributed by atoms with van der Waals surface area (Å²) < 4.78 is 22.9. The standard InChI is InChI=1S/C26H31FN6O2/c1-3-4-12-35-18-8-9-20(21(27)13-18)26(2)14-19(23(25(34)30-26)24-28-16-29-31-24)22-10-11-33(32-22)15-17-6-5-7-17/h8-11,13,16-17H,3-7,12,14-15H2,1-2H3,(H,30,34)(H,28,29,31). The monoisotopic (exact) mass is 478 g/mol. The third-order valence-corrected chi connectivity index (χ3v) is 7.02. The largest absolute Gasteiger partial charge is 0.493 e. The summed E-state index contributed by atoms with van der Waals surface area (Å²) in [5.74, 6) is 0.741. The zero-order chi connectivity index (χ0) is 24.4. The van der Waals surface area contributed by atoms with Crippen molar-refractivity contribution in [3.63, 3.8) is 0 Å². The molecule has 3 aromatic rings. The molecule has 8 nitrogen and oxygen atoms in total. The molecular formula is C26H31FN6O2. The minimum absolute atomic E-state index is 0.346. The third kappa shape index (κ3) is 4.72. The number of benzene rings is 1. The molecular weight excluding hydrogens is 447 g/mol. The zero-order valence-electron chi connectivity index (χ0n) is 20.2. The van der Waals surface area contributed by atoms with Crippen LogP contribution in [0.15, 0.2) is 36.8 Å². The summed E-state index contributed by atoms with van der Waals surface area (Å²) in [4.78, 5) is 17.6. The highest BCUT2D eigenvalue weighted by Crippen LogP contribution is 2.41. The first-order valence-corrected chi connectivity index (χ1v) is 12.3. The summed E-state index contributed by atoms with van der Waals surface area (Å²) in [7, 11) is 0. The molecule has 1 unspecified atom stereocenters. The van der Waals surface area contributed by atoms with Crippen LogP contribution in [0.5, 0.6) is 5.75 Å². The number of rotatable bonds is 9. The van der Waals surface area contributed by atoms with Gasteiger partial charge in [-0.15, -0.1) is 0 Å². The van der Waals surface area contributed by atoms with Crippen LogP contribution in [0.25, 0.3) is 11.1 Å². The fourth-order valence-electron chi connectivity index (χ4n) is 4.83. The van der Waals surface area contributed by atoms with Crippen LogP contribution in [0.4, 0.5) is 4.39 Å². The van der Waals surface area contributed by atoms with Gasteiger partial charge in [0.25, 0.3) is 5.91 Å². The molecule has 1 saturated carbocycles. The van der Waals surface area contributed by atoms with Crippen LogP contribution in [-0.2, 0) is 16.9 Å². The molecule has 1 amide bonds. The summed E-state index contributed by atoms with van der Waals surface area (Å²) in [5.41, 5.74) is 1.21. The molecule has 184 valence electrons. The molecule has 1 atom stereocenters. The van der Waals surface area contributed by atoms with E-state index in [0.29, 0.717) is 52.9 Å². The molecule has 1 aliphatic heterocycles. The van der Waals surface area contributed by atoms with Gasteiger partial charge in [-0.1, -0.05) is 25.8 Å². The first-order valence-electron chi connectivity index (χ1n) is 12.3. The lowest BCUT2D eigenvalue weighted by atomic mass is 9.79. The average Bonchev–Trinajstić information content (AvgIpc) is 3.48. The zero-order valence-corrected chi connectivity index (χ0v) is 20.2. The summed E-state index contributed by atoms with van der Waals surface area (Å²) in [6.07, 6.45) is 9.29. The van der Waals surface area contributed by atoms with E-state index in [2.05, 4.69) is 27.4 Å². The van der Waals surface area contributed by atoms with Crippen molar-refractivity contribution in [2.45, 2.75) is 64.5 Å². The second-order valence-corrected chi connectivity index (χ2v) is 9.71. The summed E-state index contributed by atoms with van der Waals surface area (Å²) in [5, 5.41) is 14.5. The lowest BCUT2D eigenvalue weighted by molar-refractivity contribution is -0.117. The number of nitrogens with one attached hydrogen (secondary N) is 2. The molecule has 2 aliphatic rings. The average molecular weight is 479 g/mol. The summed E-state index contributed by atoms with van der Waals surface area (Å²) in [6, 6.07) is 6.77. The topological polar surface area (TPSA) is 97.7 Å². The van der Waals surface area contributed by atoms with Crippen LogP contribution in [0.3, 0.4) is 0 Å². The molecule has 1 aromatic carbocycles. The number of H-pyrrole nitrogens is 1. The van der Waals surface area contributed by atoms with Crippen molar-refractivity contribution in [3.8, 4) is 5.75 Å². The number of halogens is 1. The molecule has 0 saturated heterocycles. The Bertz CT molecular complexity index is 1230. The van der Waals surface area contributed by atoms with Gasteiger partial charge < -0.3 is 10.1 Å². The maximum atomic E-state index is 15.3. The summed E-state index contributed by atoms with van der Waals surface area (Å²) in [6.45, 7) is 5.32. The molecule has 0 spiro atoms. The van der Waals surface area contributed by atoms with Crippen molar-refractivity contribution in [1.82, 2.24) is 30.3 Å². The molecule has 0 bridgehead atoms. The Balaban J connectivity index is 1.49. The molecule has 2 N–H and O–H groups in total. The van der Waals surface area contributed by atoms with Crippen molar-refractivity contribution < 1.29 is 13.9 Å². The molecule has 9 heteroatoms. The Morgan fingerprint density at radius 2 is 2.14 bits per heavy atom. The number of carbonyl (C=O) groups excluding carboxylic acids is 1. The van der Waals surface area contributed by atoms with Crippen LogP contribution < -0.4 is 10.1 Å². The Morgan fingerprint density at radius 1 is 1.29 bits per heavy atom. The van der Waals surface area contributed by atoms with Crippen molar-refractivity contribution in [2.75, 3.05) is 6.61 Å². The van der Waals surface area contributed by atoms with Gasteiger partial charge >= 0.3 is 0 Å². The van der Waals surface area contributed by atoms with Gasteiger partial charge in [-0.2, -0.15) is 10.2 Å². The van der Waals surface area contributed by atoms with E-state index >= 15 is 4.39 Å². The molecule has 0 radical (unpaired) electrons. The quantitative estimate of drug-likeness (QED) is 0.443. The molecule has 1 aliphatic carbocycles. The first kappa shape index (κ1) is 23.3. The lowest BCUT2D eigenvalue weighted by Gasteiger charge is -2.37. The van der Waals surface area contributed by atoms with E-state index in [4.69, 9.17) is 9.84 Å². The second-order valence-electron chi connectivity index (χ2n) is 9.71. The normalized spacial score (nSPS) is 20.6. The van der Waals surface area contributed by atoms with Gasteiger partial charge in [-0.3, -0.25) is 14.6 Å². The van der Waals surface area contributed by atoms with Crippen LogP contribution in [0.1, 0.15) is 69.5 Å². The van der Waals surface area contributed by atoms with Crippen LogP contribution in [0.2, 0.25) is 0 Å². The predicted octanol–water partition coefficient (Wildman–Crippen LogP) is 4.47. The van der Waals surface area contributed by atoms with Gasteiger partial charge in [0.2, 0.25) is 0 Å². The molecule has 3 heterocycles. The Kier molecular flexibility index (Phi) is 6.40. The van der Waals surface area contributed by atoms with Crippen LogP contribution >= 0.6 is 0 Å². The van der Waals surface area contributed by atoms with Crippen LogP contribution in [0, 0.1) is 11.7 Å². The fourth-order valence-corrected chi connectivity index (χ4v) is 4.83. The Morgan fingerprint density at radius 3 is 2.83 bits per heavy atom.